The van der Waals surface area contributed by atoms with E-state index in [-0.39, 0.29) is 34.9 Å². The van der Waals surface area contributed by atoms with Crippen LogP contribution in [0, 0.1) is 5.41 Å². The number of halogens is 1. The maximum absolute atomic E-state index is 5.82. The summed E-state index contributed by atoms with van der Waals surface area (Å²) >= 11 is 0. The summed E-state index contributed by atoms with van der Waals surface area (Å²) in [7, 11) is 4.14. The molecular weight excluding hydrogens is 327 g/mol. The van der Waals surface area contributed by atoms with E-state index in [1.807, 2.05) is 0 Å². The minimum atomic E-state index is -0.0285. The fraction of sp³-hybridized carbons (Fsp3) is 0.917. The molecule has 4 nitrogen and oxygen atoms in total. The summed E-state index contributed by atoms with van der Waals surface area (Å²) in [6.45, 7) is 12.3. The molecule has 0 rings (SSSR count). The molecule has 0 unspecified atom stereocenters. The Morgan fingerprint density at radius 1 is 1.18 bits per heavy atom. The van der Waals surface area contributed by atoms with Gasteiger partial charge in [0.25, 0.3) is 0 Å². The number of hydrogen-bond acceptors (Lipinski definition) is 2. The lowest BCUT2D eigenvalue weighted by Crippen LogP contribution is -2.45. The van der Waals surface area contributed by atoms with Gasteiger partial charge in [-0.05, 0) is 40.3 Å². The highest BCUT2D eigenvalue weighted by atomic mass is 127. The minimum absolute atomic E-state index is 0. The molecule has 0 aromatic carbocycles. The van der Waals surface area contributed by atoms with Crippen LogP contribution >= 0.6 is 24.0 Å². The Morgan fingerprint density at radius 3 is 2.00 bits per heavy atom. The van der Waals surface area contributed by atoms with Crippen molar-refractivity contribution >= 4 is 29.9 Å². The van der Waals surface area contributed by atoms with Crippen molar-refractivity contribution in [2.45, 2.75) is 40.2 Å². The number of aliphatic imine (C=N–C) groups is 1. The SMILES string of the molecule is CN(C)CC(C)(C)CN=C(N)NC(C)(C)C.I. The molecule has 0 atom stereocenters. The second-order valence-corrected chi connectivity index (χ2v) is 6.48. The van der Waals surface area contributed by atoms with Gasteiger partial charge in [-0.15, -0.1) is 24.0 Å². The zero-order chi connectivity index (χ0) is 13.0. The molecule has 0 saturated carbocycles. The van der Waals surface area contributed by atoms with Crippen LogP contribution in [0.2, 0.25) is 0 Å². The summed E-state index contributed by atoms with van der Waals surface area (Å²) in [5.74, 6) is 0.527. The molecule has 0 aliphatic rings. The highest BCUT2D eigenvalue weighted by molar-refractivity contribution is 14.0. The Bertz CT molecular complexity index is 241. The van der Waals surface area contributed by atoms with E-state index in [1.54, 1.807) is 0 Å². The third-order valence-electron chi connectivity index (χ3n) is 1.92. The normalized spacial score (nSPS) is 13.5. The smallest absolute Gasteiger partial charge is 0.189 e. The Balaban J connectivity index is 0. The summed E-state index contributed by atoms with van der Waals surface area (Å²) in [6, 6.07) is 0. The number of nitrogens with one attached hydrogen (secondary N) is 1. The van der Waals surface area contributed by atoms with Crippen molar-refractivity contribution in [1.29, 1.82) is 0 Å². The standard InChI is InChI=1S/C12H28N4.HI/c1-11(2,3)15-10(13)14-8-12(4,5)9-16(6)7;/h8-9H2,1-7H3,(H3,13,14,15);1H. The van der Waals surface area contributed by atoms with Gasteiger partial charge >= 0.3 is 0 Å². The third-order valence-corrected chi connectivity index (χ3v) is 1.92. The van der Waals surface area contributed by atoms with E-state index in [1.165, 1.54) is 0 Å². The van der Waals surface area contributed by atoms with Crippen molar-refractivity contribution in [3.63, 3.8) is 0 Å². The lowest BCUT2D eigenvalue weighted by atomic mass is 9.93. The van der Waals surface area contributed by atoms with Gasteiger partial charge in [-0.3, -0.25) is 4.99 Å². The Kier molecular flexibility index (Phi) is 8.41. The molecule has 0 radical (unpaired) electrons. The van der Waals surface area contributed by atoms with Crippen LogP contribution in [0.1, 0.15) is 34.6 Å². The predicted octanol–water partition coefficient (Wildman–Crippen LogP) is 1.90. The topological polar surface area (TPSA) is 53.6 Å². The van der Waals surface area contributed by atoms with E-state index in [0.29, 0.717) is 5.96 Å². The maximum atomic E-state index is 5.82. The first-order valence-corrected chi connectivity index (χ1v) is 5.75. The highest BCUT2D eigenvalue weighted by Gasteiger charge is 2.19. The number of guanidine groups is 1. The first-order chi connectivity index (χ1) is 7.02. The summed E-state index contributed by atoms with van der Waals surface area (Å²) in [5, 5.41) is 3.16. The molecule has 0 bridgehead atoms. The van der Waals surface area contributed by atoms with Crippen molar-refractivity contribution in [3.05, 3.63) is 0 Å². The molecule has 0 aromatic heterocycles. The van der Waals surface area contributed by atoms with Crippen molar-refractivity contribution in [2.75, 3.05) is 27.2 Å². The van der Waals surface area contributed by atoms with E-state index in [0.717, 1.165) is 13.1 Å². The van der Waals surface area contributed by atoms with Crippen LogP contribution in [0.15, 0.2) is 4.99 Å². The summed E-state index contributed by atoms with van der Waals surface area (Å²) in [6.07, 6.45) is 0. The van der Waals surface area contributed by atoms with E-state index in [2.05, 4.69) is 63.9 Å². The Labute approximate surface area is 123 Å². The van der Waals surface area contributed by atoms with Gasteiger partial charge in [0.05, 0.1) is 0 Å². The number of rotatable bonds is 4. The third kappa shape index (κ3) is 12.2. The van der Waals surface area contributed by atoms with Gasteiger partial charge in [0.1, 0.15) is 0 Å². The van der Waals surface area contributed by atoms with Crippen LogP contribution in [0.25, 0.3) is 0 Å². The Hall–Kier alpha value is -0.0400. The van der Waals surface area contributed by atoms with E-state index < -0.39 is 0 Å². The van der Waals surface area contributed by atoms with Gasteiger partial charge in [0.15, 0.2) is 5.96 Å². The van der Waals surface area contributed by atoms with Crippen LogP contribution in [-0.4, -0.2) is 43.6 Å². The highest BCUT2D eigenvalue weighted by Crippen LogP contribution is 2.15. The average Bonchev–Trinajstić information content (AvgIpc) is 1.95. The maximum Gasteiger partial charge on any atom is 0.189 e. The molecule has 0 aliphatic carbocycles. The first kappa shape index (κ1) is 19.3. The summed E-state index contributed by atoms with van der Waals surface area (Å²) in [4.78, 5) is 6.56. The quantitative estimate of drug-likeness (QED) is 0.460. The molecule has 104 valence electrons. The summed E-state index contributed by atoms with van der Waals surface area (Å²) in [5.41, 5.74) is 5.94. The molecule has 0 aliphatic heterocycles. The van der Waals surface area contributed by atoms with Crippen LogP contribution in [0.3, 0.4) is 0 Å². The lowest BCUT2D eigenvalue weighted by molar-refractivity contribution is 0.248. The molecule has 0 saturated heterocycles. The molecule has 0 spiro atoms. The zero-order valence-electron chi connectivity index (χ0n) is 12.3. The molecule has 5 heteroatoms. The average molecular weight is 356 g/mol. The van der Waals surface area contributed by atoms with E-state index >= 15 is 0 Å². The number of hydrogen-bond donors (Lipinski definition) is 2. The second kappa shape index (κ2) is 7.41. The largest absolute Gasteiger partial charge is 0.370 e. The van der Waals surface area contributed by atoms with Gasteiger partial charge in [0.2, 0.25) is 0 Å². The molecule has 0 amide bonds. The van der Waals surface area contributed by atoms with Gasteiger partial charge in [-0.1, -0.05) is 13.8 Å². The number of nitrogens with zero attached hydrogens (tertiary/aromatic N) is 2. The summed E-state index contributed by atoms with van der Waals surface area (Å²) < 4.78 is 0. The van der Waals surface area contributed by atoms with Crippen LogP contribution in [0.5, 0.6) is 0 Å². The Morgan fingerprint density at radius 2 is 1.65 bits per heavy atom. The second-order valence-electron chi connectivity index (χ2n) is 6.48. The van der Waals surface area contributed by atoms with Crippen LogP contribution in [0.4, 0.5) is 0 Å². The lowest BCUT2D eigenvalue weighted by Gasteiger charge is -2.27. The van der Waals surface area contributed by atoms with E-state index in [9.17, 15) is 0 Å². The van der Waals surface area contributed by atoms with Crippen molar-refractivity contribution < 1.29 is 0 Å². The molecule has 3 N–H and O–H groups in total. The first-order valence-electron chi connectivity index (χ1n) is 5.75. The van der Waals surface area contributed by atoms with Gasteiger partial charge in [0, 0.05) is 18.6 Å². The number of nitrogens with two attached hydrogens (primary N) is 1. The molecule has 0 fully saturated rings. The zero-order valence-corrected chi connectivity index (χ0v) is 14.6. The van der Waals surface area contributed by atoms with Gasteiger partial charge in [-0.25, -0.2) is 0 Å². The van der Waals surface area contributed by atoms with Gasteiger partial charge < -0.3 is 16.0 Å². The van der Waals surface area contributed by atoms with E-state index in [4.69, 9.17) is 5.73 Å². The van der Waals surface area contributed by atoms with Crippen molar-refractivity contribution in [1.82, 2.24) is 10.2 Å². The minimum Gasteiger partial charge on any atom is -0.370 e. The van der Waals surface area contributed by atoms with Crippen molar-refractivity contribution in [2.24, 2.45) is 16.1 Å². The monoisotopic (exact) mass is 356 g/mol. The van der Waals surface area contributed by atoms with Gasteiger partial charge in [-0.2, -0.15) is 0 Å². The van der Waals surface area contributed by atoms with Crippen molar-refractivity contribution in [3.8, 4) is 0 Å². The molecular formula is C12H29IN4. The van der Waals surface area contributed by atoms with Crippen LogP contribution < -0.4 is 11.1 Å². The van der Waals surface area contributed by atoms with Crippen LogP contribution in [-0.2, 0) is 0 Å². The predicted molar refractivity (Wildman–Crippen MR) is 87.1 cm³/mol. The fourth-order valence-electron chi connectivity index (χ4n) is 1.63. The molecule has 0 aromatic rings. The molecule has 17 heavy (non-hydrogen) atoms. The fourth-order valence-corrected chi connectivity index (χ4v) is 1.63. The molecule has 0 heterocycles.